The Morgan fingerprint density at radius 2 is 1.91 bits per heavy atom. The number of benzene rings is 1. The molecule has 0 saturated heterocycles. The molecule has 22 heavy (non-hydrogen) atoms. The van der Waals surface area contributed by atoms with Crippen LogP contribution in [0.5, 0.6) is 0 Å². The van der Waals surface area contributed by atoms with E-state index in [0.29, 0.717) is 12.5 Å². The largest absolute Gasteiger partial charge is 0.464 e. The van der Waals surface area contributed by atoms with Crippen LogP contribution in [-0.2, 0) is 11.2 Å². The third-order valence-corrected chi connectivity index (χ3v) is 4.91. The number of fused-ring (bicyclic) bond motifs is 1. The average molecular weight is 299 g/mol. The summed E-state index contributed by atoms with van der Waals surface area (Å²) in [6, 6.07) is 4.52. The van der Waals surface area contributed by atoms with E-state index in [0.717, 1.165) is 34.9 Å². The SMILES string of the molecule is Cc1ccc2c(CC(=O)NC3CCCCCC3)coc2c1C. The van der Waals surface area contributed by atoms with Crippen LogP contribution in [-0.4, -0.2) is 11.9 Å². The number of hydrogen-bond donors (Lipinski definition) is 1. The minimum atomic E-state index is 0.118. The molecule has 0 radical (unpaired) electrons. The number of rotatable bonds is 3. The Balaban J connectivity index is 1.70. The Kier molecular flexibility index (Phi) is 4.51. The van der Waals surface area contributed by atoms with Gasteiger partial charge in [0.2, 0.25) is 5.91 Å². The molecule has 1 N–H and O–H groups in total. The molecule has 1 fully saturated rings. The fourth-order valence-electron chi connectivity index (χ4n) is 3.40. The van der Waals surface area contributed by atoms with E-state index < -0.39 is 0 Å². The summed E-state index contributed by atoms with van der Waals surface area (Å²) in [5.74, 6) is 0.118. The van der Waals surface area contributed by atoms with Crippen molar-refractivity contribution < 1.29 is 9.21 Å². The van der Waals surface area contributed by atoms with E-state index in [2.05, 4.69) is 31.3 Å². The van der Waals surface area contributed by atoms with Crippen LogP contribution in [0.3, 0.4) is 0 Å². The topological polar surface area (TPSA) is 42.2 Å². The van der Waals surface area contributed by atoms with Crippen molar-refractivity contribution in [3.05, 3.63) is 35.1 Å². The molecular weight excluding hydrogens is 274 g/mol. The Labute approximate surface area is 132 Å². The second-order valence-corrected chi connectivity index (χ2v) is 6.58. The van der Waals surface area contributed by atoms with Crippen molar-refractivity contribution in [2.45, 2.75) is 64.8 Å². The third kappa shape index (κ3) is 3.18. The number of carbonyl (C=O) groups excluding carboxylic acids is 1. The normalized spacial score (nSPS) is 16.6. The molecule has 0 aliphatic heterocycles. The smallest absolute Gasteiger partial charge is 0.224 e. The Morgan fingerprint density at radius 3 is 2.64 bits per heavy atom. The molecule has 1 aromatic carbocycles. The van der Waals surface area contributed by atoms with Crippen LogP contribution in [0.1, 0.15) is 55.2 Å². The zero-order valence-corrected chi connectivity index (χ0v) is 13.6. The number of hydrogen-bond acceptors (Lipinski definition) is 2. The molecule has 2 aromatic rings. The highest BCUT2D eigenvalue weighted by Gasteiger charge is 2.17. The maximum atomic E-state index is 12.3. The first kappa shape index (κ1) is 15.1. The highest BCUT2D eigenvalue weighted by atomic mass is 16.3. The lowest BCUT2D eigenvalue weighted by atomic mass is 10.0. The van der Waals surface area contributed by atoms with Crippen molar-refractivity contribution >= 4 is 16.9 Å². The fraction of sp³-hybridized carbons (Fsp3) is 0.526. The van der Waals surface area contributed by atoms with Gasteiger partial charge in [0.15, 0.2) is 0 Å². The monoisotopic (exact) mass is 299 g/mol. The van der Waals surface area contributed by atoms with E-state index >= 15 is 0 Å². The summed E-state index contributed by atoms with van der Waals surface area (Å²) in [5, 5.41) is 4.28. The second kappa shape index (κ2) is 6.55. The van der Waals surface area contributed by atoms with Crippen molar-refractivity contribution in [3.63, 3.8) is 0 Å². The molecule has 1 aliphatic carbocycles. The lowest BCUT2D eigenvalue weighted by Crippen LogP contribution is -2.35. The van der Waals surface area contributed by atoms with Gasteiger partial charge in [0.1, 0.15) is 5.58 Å². The fourth-order valence-corrected chi connectivity index (χ4v) is 3.40. The van der Waals surface area contributed by atoms with Gasteiger partial charge in [-0.1, -0.05) is 37.8 Å². The molecular formula is C19H25NO2. The van der Waals surface area contributed by atoms with E-state index in [1.807, 2.05) is 0 Å². The summed E-state index contributed by atoms with van der Waals surface area (Å²) >= 11 is 0. The predicted molar refractivity (Wildman–Crippen MR) is 89.0 cm³/mol. The number of nitrogens with one attached hydrogen (secondary N) is 1. The second-order valence-electron chi connectivity index (χ2n) is 6.58. The predicted octanol–water partition coefficient (Wildman–Crippen LogP) is 4.43. The van der Waals surface area contributed by atoms with Crippen molar-refractivity contribution in [1.82, 2.24) is 5.32 Å². The summed E-state index contributed by atoms with van der Waals surface area (Å²) < 4.78 is 5.69. The maximum Gasteiger partial charge on any atom is 0.224 e. The zero-order chi connectivity index (χ0) is 15.5. The van der Waals surface area contributed by atoms with E-state index in [1.165, 1.54) is 31.2 Å². The minimum Gasteiger partial charge on any atom is -0.464 e. The van der Waals surface area contributed by atoms with E-state index in [-0.39, 0.29) is 5.91 Å². The molecule has 1 aliphatic rings. The molecule has 1 aromatic heterocycles. The van der Waals surface area contributed by atoms with Crippen LogP contribution >= 0.6 is 0 Å². The van der Waals surface area contributed by atoms with Gasteiger partial charge in [-0.3, -0.25) is 4.79 Å². The third-order valence-electron chi connectivity index (χ3n) is 4.91. The first-order valence-corrected chi connectivity index (χ1v) is 8.41. The van der Waals surface area contributed by atoms with Gasteiger partial charge in [0.25, 0.3) is 0 Å². The number of amides is 1. The van der Waals surface area contributed by atoms with E-state index in [4.69, 9.17) is 4.42 Å². The first-order valence-electron chi connectivity index (χ1n) is 8.41. The van der Waals surface area contributed by atoms with Gasteiger partial charge in [-0.15, -0.1) is 0 Å². The van der Waals surface area contributed by atoms with E-state index in [1.54, 1.807) is 6.26 Å². The highest BCUT2D eigenvalue weighted by molar-refractivity contribution is 5.89. The molecule has 0 atom stereocenters. The molecule has 1 saturated carbocycles. The van der Waals surface area contributed by atoms with Crippen LogP contribution in [0.4, 0.5) is 0 Å². The van der Waals surface area contributed by atoms with Crippen LogP contribution in [0.2, 0.25) is 0 Å². The van der Waals surface area contributed by atoms with Crippen molar-refractivity contribution in [3.8, 4) is 0 Å². The van der Waals surface area contributed by atoms with Crippen LogP contribution in [0.25, 0.3) is 11.0 Å². The van der Waals surface area contributed by atoms with Gasteiger partial charge < -0.3 is 9.73 Å². The first-order chi connectivity index (χ1) is 10.6. The van der Waals surface area contributed by atoms with Crippen LogP contribution in [0.15, 0.2) is 22.8 Å². The number of furan rings is 1. The highest BCUT2D eigenvalue weighted by Crippen LogP contribution is 2.27. The molecule has 0 unspecified atom stereocenters. The molecule has 1 amide bonds. The molecule has 0 bridgehead atoms. The van der Waals surface area contributed by atoms with Crippen molar-refractivity contribution in [2.24, 2.45) is 0 Å². The standard InChI is InChI=1S/C19H25NO2/c1-13-9-10-17-15(12-22-19(17)14(13)2)11-18(21)20-16-7-5-3-4-6-8-16/h9-10,12,16H,3-8,11H2,1-2H3,(H,20,21). The summed E-state index contributed by atoms with van der Waals surface area (Å²) in [6.07, 6.45) is 9.47. The summed E-state index contributed by atoms with van der Waals surface area (Å²) in [4.78, 5) is 12.3. The molecule has 0 spiro atoms. The van der Waals surface area contributed by atoms with Gasteiger partial charge >= 0.3 is 0 Å². The Hall–Kier alpha value is -1.77. The summed E-state index contributed by atoms with van der Waals surface area (Å²) in [5.41, 5.74) is 4.28. The maximum absolute atomic E-state index is 12.3. The van der Waals surface area contributed by atoms with Gasteiger partial charge in [-0.2, -0.15) is 0 Å². The number of carbonyl (C=O) groups is 1. The quantitative estimate of drug-likeness (QED) is 0.852. The van der Waals surface area contributed by atoms with Gasteiger partial charge in [-0.25, -0.2) is 0 Å². The molecule has 3 rings (SSSR count). The van der Waals surface area contributed by atoms with Crippen LogP contribution in [0, 0.1) is 13.8 Å². The Bertz CT molecular complexity index is 663. The lowest BCUT2D eigenvalue weighted by molar-refractivity contribution is -0.121. The minimum absolute atomic E-state index is 0.118. The van der Waals surface area contributed by atoms with Gasteiger partial charge in [0.05, 0.1) is 12.7 Å². The molecule has 1 heterocycles. The van der Waals surface area contributed by atoms with Gasteiger partial charge in [-0.05, 0) is 37.8 Å². The van der Waals surface area contributed by atoms with Crippen molar-refractivity contribution in [2.75, 3.05) is 0 Å². The summed E-state index contributed by atoms with van der Waals surface area (Å²) in [7, 11) is 0. The average Bonchev–Trinajstić information content (AvgIpc) is 2.72. The zero-order valence-electron chi connectivity index (χ0n) is 13.6. The van der Waals surface area contributed by atoms with Crippen LogP contribution < -0.4 is 5.32 Å². The summed E-state index contributed by atoms with van der Waals surface area (Å²) in [6.45, 7) is 4.15. The molecule has 118 valence electrons. The molecule has 3 nitrogen and oxygen atoms in total. The number of aryl methyl sites for hydroxylation is 2. The van der Waals surface area contributed by atoms with E-state index in [9.17, 15) is 4.79 Å². The lowest BCUT2D eigenvalue weighted by Gasteiger charge is -2.15. The van der Waals surface area contributed by atoms with Crippen molar-refractivity contribution in [1.29, 1.82) is 0 Å². The Morgan fingerprint density at radius 1 is 1.18 bits per heavy atom. The molecule has 3 heteroatoms. The van der Waals surface area contributed by atoms with Gasteiger partial charge in [0, 0.05) is 17.0 Å².